The van der Waals surface area contributed by atoms with Crippen molar-refractivity contribution in [2.24, 2.45) is 5.92 Å². The van der Waals surface area contributed by atoms with Gasteiger partial charge in [-0.25, -0.2) is 0 Å². The third kappa shape index (κ3) is 1.55. The minimum atomic E-state index is 0.0895. The molecule has 16 heavy (non-hydrogen) atoms. The van der Waals surface area contributed by atoms with Crippen molar-refractivity contribution in [2.75, 3.05) is 13.2 Å². The van der Waals surface area contributed by atoms with Crippen LogP contribution in [0.15, 0.2) is 0 Å². The Bertz CT molecular complexity index is 287. The summed E-state index contributed by atoms with van der Waals surface area (Å²) in [6.45, 7) is 0.970. The Morgan fingerprint density at radius 1 is 1.38 bits per heavy atom. The number of amides is 1. The Kier molecular flexibility index (Phi) is 2.64. The molecular weight excluding hydrogens is 204 g/mol. The molecule has 0 saturated carbocycles. The van der Waals surface area contributed by atoms with Crippen molar-refractivity contribution in [1.29, 1.82) is 0 Å². The Hall–Kier alpha value is -0.610. The van der Waals surface area contributed by atoms with Crippen LogP contribution >= 0.6 is 0 Å². The second kappa shape index (κ2) is 4.00. The van der Waals surface area contributed by atoms with Gasteiger partial charge in [0.2, 0.25) is 5.91 Å². The molecule has 0 aromatic carbocycles. The summed E-state index contributed by atoms with van der Waals surface area (Å²) in [5.74, 6) is 0.474. The lowest BCUT2D eigenvalue weighted by molar-refractivity contribution is -0.137. The van der Waals surface area contributed by atoms with Crippen LogP contribution in [0.2, 0.25) is 0 Å². The van der Waals surface area contributed by atoms with Crippen LogP contribution in [0.3, 0.4) is 0 Å². The van der Waals surface area contributed by atoms with E-state index in [1.165, 1.54) is 6.42 Å². The SMILES string of the molecule is O=C(C1CC2CCC1N2)N1CCC[C@H]1CO. The second-order valence-electron chi connectivity index (χ2n) is 5.40. The molecule has 4 atom stereocenters. The molecule has 90 valence electrons. The minimum Gasteiger partial charge on any atom is -0.394 e. The van der Waals surface area contributed by atoms with Crippen LogP contribution in [0.5, 0.6) is 0 Å². The first kappa shape index (κ1) is 10.5. The van der Waals surface area contributed by atoms with E-state index in [1.807, 2.05) is 4.90 Å². The van der Waals surface area contributed by atoms with Gasteiger partial charge in [-0.15, -0.1) is 0 Å². The van der Waals surface area contributed by atoms with Gasteiger partial charge in [0.15, 0.2) is 0 Å². The van der Waals surface area contributed by atoms with Crippen LogP contribution in [0.1, 0.15) is 32.1 Å². The van der Waals surface area contributed by atoms with Crippen LogP contribution in [0, 0.1) is 5.92 Å². The molecule has 0 aliphatic carbocycles. The zero-order valence-electron chi connectivity index (χ0n) is 9.56. The van der Waals surface area contributed by atoms with E-state index in [0.29, 0.717) is 12.1 Å². The van der Waals surface area contributed by atoms with Gasteiger partial charge < -0.3 is 15.3 Å². The van der Waals surface area contributed by atoms with Gasteiger partial charge in [-0.1, -0.05) is 0 Å². The summed E-state index contributed by atoms with van der Waals surface area (Å²) in [7, 11) is 0. The van der Waals surface area contributed by atoms with Crippen molar-refractivity contribution >= 4 is 5.91 Å². The number of carbonyl (C=O) groups excluding carboxylic acids is 1. The quantitative estimate of drug-likeness (QED) is 0.700. The number of nitrogens with one attached hydrogen (secondary N) is 1. The molecule has 3 saturated heterocycles. The zero-order valence-corrected chi connectivity index (χ0v) is 9.56. The maximum atomic E-state index is 12.4. The standard InChI is InChI=1S/C12H20N2O2/c15-7-9-2-1-5-14(9)12(16)10-6-8-3-4-11(10)13-8/h8-11,13,15H,1-7H2/t8?,9-,10?,11?/m0/s1. The number of carbonyl (C=O) groups is 1. The average molecular weight is 224 g/mol. The van der Waals surface area contributed by atoms with Crippen molar-refractivity contribution in [3.05, 3.63) is 0 Å². The van der Waals surface area contributed by atoms with E-state index in [-0.39, 0.29) is 24.5 Å². The van der Waals surface area contributed by atoms with Crippen LogP contribution in [-0.2, 0) is 4.79 Å². The highest BCUT2D eigenvalue weighted by molar-refractivity contribution is 5.81. The summed E-state index contributed by atoms with van der Waals surface area (Å²) in [5, 5.41) is 12.8. The van der Waals surface area contributed by atoms with Gasteiger partial charge in [0.05, 0.1) is 18.6 Å². The molecule has 3 fully saturated rings. The van der Waals surface area contributed by atoms with E-state index in [2.05, 4.69) is 5.32 Å². The first-order valence-electron chi connectivity index (χ1n) is 6.47. The van der Waals surface area contributed by atoms with E-state index in [9.17, 15) is 9.90 Å². The fraction of sp³-hybridized carbons (Fsp3) is 0.917. The lowest BCUT2D eigenvalue weighted by Gasteiger charge is -2.29. The van der Waals surface area contributed by atoms with Crippen molar-refractivity contribution in [1.82, 2.24) is 10.2 Å². The largest absolute Gasteiger partial charge is 0.394 e. The van der Waals surface area contributed by atoms with E-state index >= 15 is 0 Å². The van der Waals surface area contributed by atoms with Crippen LogP contribution in [0.4, 0.5) is 0 Å². The maximum Gasteiger partial charge on any atom is 0.227 e. The Morgan fingerprint density at radius 2 is 2.25 bits per heavy atom. The zero-order chi connectivity index (χ0) is 11.1. The van der Waals surface area contributed by atoms with Gasteiger partial charge >= 0.3 is 0 Å². The van der Waals surface area contributed by atoms with E-state index in [4.69, 9.17) is 0 Å². The number of hydrogen-bond acceptors (Lipinski definition) is 3. The highest BCUT2D eigenvalue weighted by atomic mass is 16.3. The average Bonchev–Trinajstić information content (AvgIpc) is 3.02. The minimum absolute atomic E-state index is 0.0895. The van der Waals surface area contributed by atoms with Crippen LogP contribution < -0.4 is 5.32 Å². The first-order chi connectivity index (χ1) is 7.79. The highest BCUT2D eigenvalue weighted by Crippen LogP contribution is 2.35. The molecule has 0 spiro atoms. The first-order valence-corrected chi connectivity index (χ1v) is 6.47. The van der Waals surface area contributed by atoms with Gasteiger partial charge in [-0.2, -0.15) is 0 Å². The molecule has 1 amide bonds. The number of aliphatic hydroxyl groups excluding tert-OH is 1. The smallest absolute Gasteiger partial charge is 0.227 e. The van der Waals surface area contributed by atoms with Crippen molar-refractivity contribution < 1.29 is 9.90 Å². The topological polar surface area (TPSA) is 52.6 Å². The molecule has 4 heteroatoms. The molecule has 3 rings (SSSR count). The molecular formula is C12H20N2O2. The number of hydrogen-bond donors (Lipinski definition) is 2. The number of aliphatic hydroxyl groups is 1. The summed E-state index contributed by atoms with van der Waals surface area (Å²) in [6.07, 6.45) is 5.41. The summed E-state index contributed by atoms with van der Waals surface area (Å²) < 4.78 is 0. The van der Waals surface area contributed by atoms with E-state index in [1.54, 1.807) is 0 Å². The van der Waals surface area contributed by atoms with Gasteiger partial charge in [-0.05, 0) is 32.1 Å². The Labute approximate surface area is 96.0 Å². The molecule has 2 N–H and O–H groups in total. The third-order valence-corrected chi connectivity index (χ3v) is 4.49. The summed E-state index contributed by atoms with van der Waals surface area (Å²) in [5.41, 5.74) is 0. The van der Waals surface area contributed by atoms with Crippen LogP contribution in [-0.4, -0.2) is 47.2 Å². The van der Waals surface area contributed by atoms with Gasteiger partial charge in [0, 0.05) is 18.6 Å². The summed E-state index contributed by atoms with van der Waals surface area (Å²) in [4.78, 5) is 14.3. The van der Waals surface area contributed by atoms with Crippen molar-refractivity contribution in [3.63, 3.8) is 0 Å². The van der Waals surface area contributed by atoms with Gasteiger partial charge in [-0.3, -0.25) is 4.79 Å². The lowest BCUT2D eigenvalue weighted by atomic mass is 9.88. The Balaban J connectivity index is 1.68. The Morgan fingerprint density at radius 3 is 2.88 bits per heavy atom. The van der Waals surface area contributed by atoms with E-state index < -0.39 is 0 Å². The molecule has 3 aliphatic rings. The summed E-state index contributed by atoms with van der Waals surface area (Å²) >= 11 is 0. The predicted molar refractivity (Wildman–Crippen MR) is 59.9 cm³/mol. The predicted octanol–water partition coefficient (Wildman–Crippen LogP) is 0.110. The van der Waals surface area contributed by atoms with Crippen molar-refractivity contribution in [2.45, 2.75) is 50.2 Å². The number of nitrogens with zero attached hydrogens (tertiary/aromatic N) is 1. The lowest BCUT2D eigenvalue weighted by Crippen LogP contribution is -2.44. The van der Waals surface area contributed by atoms with Crippen molar-refractivity contribution in [3.8, 4) is 0 Å². The molecule has 3 aliphatic heterocycles. The molecule has 4 nitrogen and oxygen atoms in total. The monoisotopic (exact) mass is 224 g/mol. The molecule has 3 heterocycles. The number of rotatable bonds is 2. The summed E-state index contributed by atoms with van der Waals surface area (Å²) in [6, 6.07) is 1.08. The second-order valence-corrected chi connectivity index (χ2v) is 5.40. The van der Waals surface area contributed by atoms with Gasteiger partial charge in [0.1, 0.15) is 0 Å². The molecule has 0 aromatic heterocycles. The van der Waals surface area contributed by atoms with Crippen LogP contribution in [0.25, 0.3) is 0 Å². The molecule has 3 unspecified atom stereocenters. The molecule has 2 bridgehead atoms. The fourth-order valence-corrected chi connectivity index (χ4v) is 3.63. The maximum absolute atomic E-state index is 12.4. The number of likely N-dealkylation sites (tertiary alicyclic amines) is 1. The fourth-order valence-electron chi connectivity index (χ4n) is 3.63. The highest BCUT2D eigenvalue weighted by Gasteiger charge is 2.45. The molecule has 0 aromatic rings. The molecule has 0 radical (unpaired) electrons. The third-order valence-electron chi connectivity index (χ3n) is 4.49. The normalized spacial score (nSPS) is 41.9. The number of fused-ring (bicyclic) bond motifs is 2. The van der Waals surface area contributed by atoms with E-state index in [0.717, 1.165) is 32.2 Å². The van der Waals surface area contributed by atoms with Gasteiger partial charge in [0.25, 0.3) is 0 Å².